The lowest BCUT2D eigenvalue weighted by molar-refractivity contribution is -0.147. The summed E-state index contributed by atoms with van der Waals surface area (Å²) in [5.41, 5.74) is 4.43. The van der Waals surface area contributed by atoms with E-state index in [2.05, 4.69) is 17.4 Å². The number of aliphatic carboxylic acids is 1. The normalized spacial score (nSPS) is 14.0. The molecule has 2 unspecified atom stereocenters. The highest BCUT2D eigenvalue weighted by atomic mass is 16.5. The Balaban J connectivity index is 1.70. The van der Waals surface area contributed by atoms with Gasteiger partial charge in [0.05, 0.1) is 0 Å². The standard InChI is InChI=1S/C26H32N2O6/c1-4-17(2)28(15-24(29)30)25(31)23(13-14-33-3)27-26(32)34-16-22-20-11-7-5-9-18(20)19-10-6-8-12-21(19)22/h5-12,17,22-23H,4,13-16H2,1-3H3,(H,27,32)(H,29,30). The zero-order valence-corrected chi connectivity index (χ0v) is 19.8. The Hall–Kier alpha value is -3.39. The molecule has 2 amide bonds. The zero-order chi connectivity index (χ0) is 24.7. The second-order valence-corrected chi connectivity index (χ2v) is 8.42. The van der Waals surface area contributed by atoms with Crippen molar-refractivity contribution in [1.82, 2.24) is 10.2 Å². The molecule has 0 aromatic heterocycles. The monoisotopic (exact) mass is 468 g/mol. The van der Waals surface area contributed by atoms with Crippen molar-refractivity contribution >= 4 is 18.0 Å². The highest BCUT2D eigenvalue weighted by Gasteiger charge is 2.32. The van der Waals surface area contributed by atoms with Gasteiger partial charge in [0.25, 0.3) is 0 Å². The first-order chi connectivity index (χ1) is 16.4. The number of alkyl carbamates (subject to hydrolysis) is 1. The van der Waals surface area contributed by atoms with Crippen LogP contribution in [0.4, 0.5) is 4.79 Å². The third-order valence-corrected chi connectivity index (χ3v) is 6.26. The van der Waals surface area contributed by atoms with Gasteiger partial charge in [0.1, 0.15) is 19.2 Å². The molecule has 0 saturated heterocycles. The highest BCUT2D eigenvalue weighted by molar-refractivity contribution is 5.88. The van der Waals surface area contributed by atoms with E-state index in [1.807, 2.05) is 43.3 Å². The number of fused-ring (bicyclic) bond motifs is 3. The van der Waals surface area contributed by atoms with Crippen LogP contribution in [0.15, 0.2) is 48.5 Å². The molecule has 34 heavy (non-hydrogen) atoms. The molecule has 2 atom stereocenters. The molecule has 1 aliphatic carbocycles. The lowest BCUT2D eigenvalue weighted by atomic mass is 9.98. The first-order valence-corrected chi connectivity index (χ1v) is 11.5. The fourth-order valence-electron chi connectivity index (χ4n) is 4.29. The Morgan fingerprint density at radius 3 is 2.18 bits per heavy atom. The average molecular weight is 469 g/mol. The van der Waals surface area contributed by atoms with Crippen LogP contribution >= 0.6 is 0 Å². The number of benzene rings is 2. The van der Waals surface area contributed by atoms with Crippen LogP contribution in [0.3, 0.4) is 0 Å². The third-order valence-electron chi connectivity index (χ3n) is 6.26. The first-order valence-electron chi connectivity index (χ1n) is 11.5. The second-order valence-electron chi connectivity index (χ2n) is 8.42. The number of carboxylic acids is 1. The predicted molar refractivity (Wildman–Crippen MR) is 128 cm³/mol. The molecular formula is C26H32N2O6. The maximum absolute atomic E-state index is 13.1. The molecule has 0 spiro atoms. The highest BCUT2D eigenvalue weighted by Crippen LogP contribution is 2.44. The Morgan fingerprint density at radius 2 is 1.65 bits per heavy atom. The van der Waals surface area contributed by atoms with Crippen molar-refractivity contribution in [2.75, 3.05) is 26.9 Å². The lowest BCUT2D eigenvalue weighted by Gasteiger charge is -2.31. The van der Waals surface area contributed by atoms with Crippen molar-refractivity contribution in [2.45, 2.75) is 44.7 Å². The van der Waals surface area contributed by atoms with Crippen molar-refractivity contribution in [1.29, 1.82) is 0 Å². The third kappa shape index (κ3) is 5.75. The van der Waals surface area contributed by atoms with Crippen molar-refractivity contribution in [3.8, 4) is 11.1 Å². The minimum atomic E-state index is -1.11. The van der Waals surface area contributed by atoms with Gasteiger partial charge in [-0.2, -0.15) is 0 Å². The maximum Gasteiger partial charge on any atom is 0.407 e. The van der Waals surface area contributed by atoms with Crippen LogP contribution in [0.2, 0.25) is 0 Å². The number of carbonyl (C=O) groups excluding carboxylic acids is 2. The molecule has 0 aliphatic heterocycles. The Bertz CT molecular complexity index is 978. The Labute approximate surface area is 199 Å². The number of hydrogen-bond donors (Lipinski definition) is 2. The van der Waals surface area contributed by atoms with Crippen LogP contribution in [0.5, 0.6) is 0 Å². The summed E-state index contributed by atoms with van der Waals surface area (Å²) in [5, 5.41) is 11.9. The van der Waals surface area contributed by atoms with Crippen molar-refractivity contribution in [3.63, 3.8) is 0 Å². The molecule has 182 valence electrons. The van der Waals surface area contributed by atoms with E-state index in [-0.39, 0.29) is 31.6 Å². The number of methoxy groups -OCH3 is 1. The molecule has 0 heterocycles. The summed E-state index contributed by atoms with van der Waals surface area (Å²) < 4.78 is 10.7. The minimum absolute atomic E-state index is 0.102. The molecule has 8 nitrogen and oxygen atoms in total. The second kappa shape index (κ2) is 11.7. The van der Waals surface area contributed by atoms with Crippen LogP contribution < -0.4 is 5.32 Å². The number of nitrogens with zero attached hydrogens (tertiary/aromatic N) is 1. The van der Waals surface area contributed by atoms with Gasteiger partial charge in [0.2, 0.25) is 5.91 Å². The number of amides is 2. The van der Waals surface area contributed by atoms with Crippen LogP contribution in [0, 0.1) is 0 Å². The van der Waals surface area contributed by atoms with E-state index in [0.717, 1.165) is 22.3 Å². The van der Waals surface area contributed by atoms with Gasteiger partial charge < -0.3 is 24.8 Å². The summed E-state index contributed by atoms with van der Waals surface area (Å²) in [6.07, 6.45) is 0.0586. The quantitative estimate of drug-likeness (QED) is 0.522. The largest absolute Gasteiger partial charge is 0.480 e. The van der Waals surface area contributed by atoms with Crippen molar-refractivity contribution in [3.05, 3.63) is 59.7 Å². The Morgan fingerprint density at radius 1 is 1.06 bits per heavy atom. The fraction of sp³-hybridized carbons (Fsp3) is 0.423. The Kier molecular flexibility index (Phi) is 8.65. The van der Waals surface area contributed by atoms with Crippen LogP contribution in [-0.4, -0.2) is 66.9 Å². The topological polar surface area (TPSA) is 105 Å². The summed E-state index contributed by atoms with van der Waals surface area (Å²) in [4.78, 5) is 38.5. The number of hydrogen-bond acceptors (Lipinski definition) is 5. The summed E-state index contributed by atoms with van der Waals surface area (Å²) in [7, 11) is 1.50. The molecule has 2 N–H and O–H groups in total. The molecule has 2 aromatic carbocycles. The predicted octanol–water partition coefficient (Wildman–Crippen LogP) is 3.64. The van der Waals surface area contributed by atoms with Crippen LogP contribution in [-0.2, 0) is 19.1 Å². The molecule has 0 bridgehead atoms. The van der Waals surface area contributed by atoms with E-state index >= 15 is 0 Å². The van der Waals surface area contributed by atoms with E-state index in [0.29, 0.717) is 6.42 Å². The fourth-order valence-corrected chi connectivity index (χ4v) is 4.29. The summed E-state index contributed by atoms with van der Waals surface area (Å²) in [6, 6.07) is 14.8. The number of rotatable bonds is 11. The SMILES string of the molecule is CCC(C)N(CC(=O)O)C(=O)C(CCOC)NC(=O)OCC1c2ccccc2-c2ccccc21. The minimum Gasteiger partial charge on any atom is -0.480 e. The number of carbonyl (C=O) groups is 3. The number of carboxylic acid groups (broad SMARTS) is 1. The van der Waals surface area contributed by atoms with Crippen molar-refractivity contribution < 1.29 is 29.0 Å². The first kappa shape index (κ1) is 25.2. The van der Waals surface area contributed by atoms with Gasteiger partial charge in [0, 0.05) is 32.1 Å². The smallest absolute Gasteiger partial charge is 0.407 e. The van der Waals surface area contributed by atoms with Crippen molar-refractivity contribution in [2.24, 2.45) is 0 Å². The lowest BCUT2D eigenvalue weighted by Crippen LogP contribution is -2.53. The van der Waals surface area contributed by atoms with Gasteiger partial charge in [-0.25, -0.2) is 4.79 Å². The van der Waals surface area contributed by atoms with E-state index in [9.17, 15) is 19.5 Å². The van der Waals surface area contributed by atoms with E-state index in [1.54, 1.807) is 6.92 Å². The molecule has 2 aromatic rings. The molecule has 0 fully saturated rings. The van der Waals surface area contributed by atoms with Crippen LogP contribution in [0.1, 0.15) is 43.7 Å². The van der Waals surface area contributed by atoms with E-state index in [1.165, 1.54) is 12.0 Å². The van der Waals surface area contributed by atoms with Gasteiger partial charge in [0.15, 0.2) is 0 Å². The summed E-state index contributed by atoms with van der Waals surface area (Å²) >= 11 is 0. The van der Waals surface area contributed by atoms with E-state index in [4.69, 9.17) is 9.47 Å². The van der Waals surface area contributed by atoms with Gasteiger partial charge in [-0.05, 0) is 35.6 Å². The molecule has 1 aliphatic rings. The molecule has 8 heteroatoms. The maximum atomic E-state index is 13.1. The zero-order valence-electron chi connectivity index (χ0n) is 19.8. The van der Waals surface area contributed by atoms with Crippen LogP contribution in [0.25, 0.3) is 11.1 Å². The van der Waals surface area contributed by atoms with Gasteiger partial charge in [-0.15, -0.1) is 0 Å². The van der Waals surface area contributed by atoms with Gasteiger partial charge in [-0.1, -0.05) is 55.5 Å². The average Bonchev–Trinajstić information content (AvgIpc) is 3.16. The molecule has 3 rings (SSSR count). The number of nitrogens with one attached hydrogen (secondary N) is 1. The number of ether oxygens (including phenoxy) is 2. The molecule has 0 saturated carbocycles. The van der Waals surface area contributed by atoms with Gasteiger partial charge in [-0.3, -0.25) is 9.59 Å². The summed E-state index contributed by atoms with van der Waals surface area (Å²) in [5.74, 6) is -1.68. The molecule has 0 radical (unpaired) electrons. The van der Waals surface area contributed by atoms with Gasteiger partial charge >= 0.3 is 12.1 Å². The van der Waals surface area contributed by atoms with E-state index < -0.39 is 30.6 Å². The summed E-state index contributed by atoms with van der Waals surface area (Å²) in [6.45, 7) is 3.55. The molecular weight excluding hydrogens is 436 g/mol.